The monoisotopic (exact) mass is 388 g/mol. The number of aliphatic imine (C=N–C) groups is 1. The minimum atomic E-state index is -3.56. The van der Waals surface area contributed by atoms with Crippen molar-refractivity contribution in [2.45, 2.75) is 37.8 Å². The lowest BCUT2D eigenvalue weighted by Gasteiger charge is -2.46. The van der Waals surface area contributed by atoms with Gasteiger partial charge in [0.15, 0.2) is 11.1 Å². The summed E-state index contributed by atoms with van der Waals surface area (Å²) in [4.78, 5) is 3.78. The van der Waals surface area contributed by atoms with E-state index in [2.05, 4.69) is 10.3 Å². The molecule has 1 aliphatic rings. The highest BCUT2D eigenvalue weighted by Crippen LogP contribution is 2.52. The molecule has 0 spiro atoms. The van der Waals surface area contributed by atoms with Crippen molar-refractivity contribution >= 4 is 17.4 Å². The first kappa shape index (κ1) is 19.5. The molecule has 1 atom stereocenters. The fraction of sp³-hybridized carbons (Fsp3) is 0.300. The van der Waals surface area contributed by atoms with Crippen molar-refractivity contribution in [3.8, 4) is 6.07 Å². The first-order valence-electron chi connectivity index (χ1n) is 8.50. The molecule has 5 nitrogen and oxygen atoms in total. The molecule has 146 valence electrons. The lowest BCUT2D eigenvalue weighted by atomic mass is 9.77. The van der Waals surface area contributed by atoms with Crippen LogP contribution in [0.4, 0.5) is 24.5 Å². The summed E-state index contributed by atoms with van der Waals surface area (Å²) >= 11 is 0. The Bertz CT molecular complexity index is 997. The quantitative estimate of drug-likeness (QED) is 0.816. The van der Waals surface area contributed by atoms with Gasteiger partial charge in [0.1, 0.15) is 11.9 Å². The van der Waals surface area contributed by atoms with E-state index in [9.17, 15) is 9.65 Å². The Labute approximate surface area is 160 Å². The number of nitrogens with zero attached hydrogens (tertiary/aromatic N) is 2. The van der Waals surface area contributed by atoms with E-state index in [1.807, 2.05) is 6.07 Å². The van der Waals surface area contributed by atoms with E-state index >= 15 is 8.78 Å². The molecule has 2 aromatic rings. The van der Waals surface area contributed by atoms with Gasteiger partial charge in [0.2, 0.25) is 0 Å². The number of ether oxygens (including phenoxy) is 1. The average molecular weight is 388 g/mol. The predicted molar refractivity (Wildman–Crippen MR) is 99.9 cm³/mol. The molecule has 0 aliphatic carbocycles. The van der Waals surface area contributed by atoms with E-state index in [1.165, 1.54) is 26.0 Å². The molecular formula is C20H19F3N4O. The molecule has 0 saturated carbocycles. The van der Waals surface area contributed by atoms with Crippen LogP contribution in [0.3, 0.4) is 0 Å². The molecule has 1 aliphatic heterocycles. The summed E-state index contributed by atoms with van der Waals surface area (Å²) in [6.07, 6.45) is 0. The zero-order chi connectivity index (χ0) is 20.7. The van der Waals surface area contributed by atoms with Crippen LogP contribution in [0.2, 0.25) is 0 Å². The highest BCUT2D eigenvalue weighted by molar-refractivity contribution is 5.74. The molecule has 1 unspecified atom stereocenters. The van der Waals surface area contributed by atoms with Gasteiger partial charge in [0.25, 0.3) is 6.02 Å². The van der Waals surface area contributed by atoms with Gasteiger partial charge in [0.05, 0.1) is 11.3 Å². The number of benzene rings is 2. The van der Waals surface area contributed by atoms with Crippen LogP contribution in [-0.2, 0) is 10.3 Å². The minimum Gasteiger partial charge on any atom is -0.453 e. The average Bonchev–Trinajstić information content (AvgIpc) is 2.61. The molecule has 2 aromatic carbocycles. The third-order valence-electron chi connectivity index (χ3n) is 4.88. The maximum atomic E-state index is 15.2. The number of rotatable bonds is 3. The molecule has 1 heterocycles. The van der Waals surface area contributed by atoms with Crippen molar-refractivity contribution in [1.29, 1.82) is 5.26 Å². The molecule has 0 fully saturated rings. The summed E-state index contributed by atoms with van der Waals surface area (Å²) in [6.45, 7) is 3.47. The molecule has 0 amide bonds. The number of nitrogens with one attached hydrogen (secondary N) is 1. The first-order valence-corrected chi connectivity index (χ1v) is 8.50. The largest absolute Gasteiger partial charge is 0.453 e. The fourth-order valence-electron chi connectivity index (χ4n) is 3.28. The summed E-state index contributed by atoms with van der Waals surface area (Å²) in [7, 11) is 0. The molecule has 0 aromatic heterocycles. The molecule has 0 saturated heterocycles. The van der Waals surface area contributed by atoms with Crippen LogP contribution in [0.5, 0.6) is 0 Å². The summed E-state index contributed by atoms with van der Waals surface area (Å²) in [5.74, 6) is -4.41. The van der Waals surface area contributed by atoms with Crippen LogP contribution in [0, 0.1) is 17.1 Å². The van der Waals surface area contributed by atoms with Gasteiger partial charge >= 0.3 is 5.92 Å². The number of alkyl halides is 2. The number of nitriles is 1. The van der Waals surface area contributed by atoms with Gasteiger partial charge in [0, 0.05) is 11.3 Å². The Kier molecular flexibility index (Phi) is 4.50. The van der Waals surface area contributed by atoms with E-state index in [1.54, 1.807) is 24.3 Å². The maximum absolute atomic E-state index is 15.2. The van der Waals surface area contributed by atoms with Crippen molar-refractivity contribution in [3.05, 3.63) is 59.4 Å². The summed E-state index contributed by atoms with van der Waals surface area (Å²) < 4.78 is 50.1. The van der Waals surface area contributed by atoms with Crippen LogP contribution in [0.1, 0.15) is 31.9 Å². The van der Waals surface area contributed by atoms with Gasteiger partial charge < -0.3 is 15.8 Å². The molecule has 3 N–H and O–H groups in total. The minimum absolute atomic E-state index is 0.328. The Morgan fingerprint density at radius 1 is 1.14 bits per heavy atom. The molecule has 3 rings (SSSR count). The van der Waals surface area contributed by atoms with E-state index in [-0.39, 0.29) is 5.56 Å². The Morgan fingerprint density at radius 2 is 1.82 bits per heavy atom. The van der Waals surface area contributed by atoms with E-state index < -0.39 is 28.9 Å². The van der Waals surface area contributed by atoms with Gasteiger partial charge in [-0.15, -0.1) is 0 Å². The number of hydrogen-bond acceptors (Lipinski definition) is 5. The third-order valence-corrected chi connectivity index (χ3v) is 4.88. The van der Waals surface area contributed by atoms with Crippen molar-refractivity contribution in [2.75, 3.05) is 5.32 Å². The van der Waals surface area contributed by atoms with Crippen LogP contribution in [-0.4, -0.2) is 17.5 Å². The van der Waals surface area contributed by atoms with Gasteiger partial charge in [-0.2, -0.15) is 14.0 Å². The number of anilines is 2. The van der Waals surface area contributed by atoms with Gasteiger partial charge in [-0.25, -0.2) is 9.38 Å². The number of hydrogen-bond donors (Lipinski definition) is 2. The first-order chi connectivity index (χ1) is 13.0. The van der Waals surface area contributed by atoms with Gasteiger partial charge in [-0.1, -0.05) is 12.1 Å². The van der Waals surface area contributed by atoms with E-state index in [0.717, 1.165) is 13.0 Å². The Hall–Kier alpha value is -3.21. The highest BCUT2D eigenvalue weighted by atomic mass is 19.3. The second kappa shape index (κ2) is 6.44. The second-order valence-electron chi connectivity index (χ2n) is 7.19. The highest BCUT2D eigenvalue weighted by Gasteiger charge is 2.66. The zero-order valence-electron chi connectivity index (χ0n) is 15.6. The summed E-state index contributed by atoms with van der Waals surface area (Å²) in [5, 5.41) is 12.2. The van der Waals surface area contributed by atoms with Crippen molar-refractivity contribution in [2.24, 2.45) is 10.7 Å². The normalized spacial score (nSPS) is 22.5. The van der Waals surface area contributed by atoms with Gasteiger partial charge in [-0.05, 0) is 51.1 Å². The zero-order valence-corrected chi connectivity index (χ0v) is 15.6. The standard InChI is InChI=1S/C20H19F3N4O/c1-18(2)20(22,23)19(3,27-17(25)28-18)14-10-13(8-9-15(14)21)26-16-7-5-4-6-12(16)11-24/h4-10,26H,1-3H3,(H2,25,27). The van der Waals surface area contributed by atoms with Crippen molar-refractivity contribution in [3.63, 3.8) is 0 Å². The molecule has 0 bridgehead atoms. The van der Waals surface area contributed by atoms with Crippen LogP contribution in [0.25, 0.3) is 0 Å². The lowest BCUT2D eigenvalue weighted by molar-refractivity contribution is -0.207. The summed E-state index contributed by atoms with van der Waals surface area (Å²) in [6, 6.07) is 12.0. The predicted octanol–water partition coefficient (Wildman–Crippen LogP) is 4.41. The molecule has 28 heavy (non-hydrogen) atoms. The second-order valence-corrected chi connectivity index (χ2v) is 7.19. The maximum Gasteiger partial charge on any atom is 0.315 e. The van der Waals surface area contributed by atoms with Crippen LogP contribution < -0.4 is 11.1 Å². The summed E-state index contributed by atoms with van der Waals surface area (Å²) in [5.41, 5.74) is 2.16. The van der Waals surface area contributed by atoms with E-state index in [4.69, 9.17) is 10.5 Å². The number of halogens is 3. The number of para-hydroxylation sites is 1. The number of nitrogens with two attached hydrogens (primary N) is 1. The van der Waals surface area contributed by atoms with Gasteiger partial charge in [-0.3, -0.25) is 0 Å². The Balaban J connectivity index is 2.12. The SMILES string of the molecule is CC1(C)OC(N)=NC(C)(c2cc(Nc3ccccc3C#N)ccc2F)C1(F)F. The van der Waals surface area contributed by atoms with Crippen LogP contribution in [0.15, 0.2) is 47.5 Å². The topological polar surface area (TPSA) is 83.4 Å². The van der Waals surface area contributed by atoms with E-state index in [0.29, 0.717) is 16.9 Å². The smallest absolute Gasteiger partial charge is 0.315 e. The van der Waals surface area contributed by atoms with Crippen LogP contribution >= 0.6 is 0 Å². The number of amidine groups is 1. The third kappa shape index (κ3) is 2.93. The molecule has 8 heteroatoms. The van der Waals surface area contributed by atoms with Crippen molar-refractivity contribution < 1.29 is 17.9 Å². The lowest BCUT2D eigenvalue weighted by Crippen LogP contribution is -2.62. The Morgan fingerprint density at radius 3 is 2.50 bits per heavy atom. The fourth-order valence-corrected chi connectivity index (χ4v) is 3.28. The van der Waals surface area contributed by atoms with Crippen molar-refractivity contribution in [1.82, 2.24) is 0 Å². The molecular weight excluding hydrogens is 369 g/mol. The molecule has 0 radical (unpaired) electrons.